The minimum atomic E-state index is -1.93. The highest BCUT2D eigenvalue weighted by Gasteiger charge is 2.53. The molecule has 14 N–H and O–H groups in total. The van der Waals surface area contributed by atoms with Gasteiger partial charge in [0.25, 0.3) is 0 Å². The molecule has 1 aliphatic carbocycles. The van der Waals surface area contributed by atoms with Gasteiger partial charge in [-0.2, -0.15) is 0 Å². The van der Waals surface area contributed by atoms with Crippen molar-refractivity contribution < 1.29 is 90.1 Å². The van der Waals surface area contributed by atoms with E-state index in [4.69, 9.17) is 23.7 Å². The average molecular weight is 646 g/mol. The van der Waals surface area contributed by atoms with Crippen molar-refractivity contribution in [3.8, 4) is 0 Å². The van der Waals surface area contributed by atoms with Crippen molar-refractivity contribution in [2.24, 2.45) is 0 Å². The molecule has 19 heteroatoms. The lowest BCUT2D eigenvalue weighted by Crippen LogP contribution is -2.68. The molecule has 0 saturated carbocycles. The summed E-state index contributed by atoms with van der Waals surface area (Å²) in [6.07, 6.45) is -26.6. The molecule has 0 aromatic rings. The van der Waals surface area contributed by atoms with Crippen molar-refractivity contribution in [1.82, 2.24) is 5.32 Å². The third-order valence-corrected chi connectivity index (χ3v) is 8.48. The van der Waals surface area contributed by atoms with Crippen molar-refractivity contribution in [2.45, 2.75) is 123 Å². The minimum Gasteiger partial charge on any atom is -0.394 e. The molecule has 19 atom stereocenters. The van der Waals surface area contributed by atoms with Gasteiger partial charge in [-0.05, 0) is 12.5 Å². The molecule has 0 bridgehead atoms. The first-order valence-corrected chi connectivity index (χ1v) is 14.1. The van der Waals surface area contributed by atoms with E-state index in [1.165, 1.54) is 13.0 Å². The van der Waals surface area contributed by atoms with Crippen LogP contribution >= 0.6 is 0 Å². The first kappa shape index (κ1) is 35.8. The molecule has 3 fully saturated rings. The fourth-order valence-electron chi connectivity index (χ4n) is 5.81. The molecular formula is C25H43NO18. The molecule has 0 aromatic heterocycles. The van der Waals surface area contributed by atoms with Gasteiger partial charge in [0.05, 0.1) is 38.0 Å². The maximum atomic E-state index is 10.9. The Hall–Kier alpha value is -1.02. The van der Waals surface area contributed by atoms with Crippen LogP contribution in [0, 0.1) is 0 Å². The summed E-state index contributed by atoms with van der Waals surface area (Å²) >= 11 is 0. The fourth-order valence-corrected chi connectivity index (χ4v) is 5.81. The molecule has 3 aliphatic heterocycles. The van der Waals surface area contributed by atoms with Crippen molar-refractivity contribution in [3.63, 3.8) is 0 Å². The highest BCUT2D eigenvalue weighted by molar-refractivity contribution is 5.22. The molecule has 19 nitrogen and oxygen atoms in total. The summed E-state index contributed by atoms with van der Waals surface area (Å²) in [7, 11) is 0. The second-order valence-electron chi connectivity index (χ2n) is 11.4. The molecule has 0 aromatic carbocycles. The van der Waals surface area contributed by atoms with Gasteiger partial charge in [0.2, 0.25) is 0 Å². The van der Waals surface area contributed by atoms with Gasteiger partial charge < -0.3 is 95.4 Å². The topological polar surface area (TPSA) is 321 Å². The summed E-state index contributed by atoms with van der Waals surface area (Å²) in [6.45, 7) is -0.753. The lowest BCUT2D eigenvalue weighted by Gasteiger charge is -2.48. The zero-order valence-electron chi connectivity index (χ0n) is 23.5. The zero-order chi connectivity index (χ0) is 32.6. The van der Waals surface area contributed by atoms with E-state index in [2.05, 4.69) is 5.32 Å². The van der Waals surface area contributed by atoms with Gasteiger partial charge >= 0.3 is 0 Å². The zero-order valence-corrected chi connectivity index (χ0v) is 23.5. The first-order chi connectivity index (χ1) is 20.7. The molecule has 4 aliphatic rings. The maximum absolute atomic E-state index is 10.9. The average Bonchev–Trinajstić information content (AvgIpc) is 3.00. The van der Waals surface area contributed by atoms with E-state index in [1.807, 2.05) is 0 Å². The Morgan fingerprint density at radius 3 is 1.73 bits per heavy atom. The molecule has 0 spiro atoms. The van der Waals surface area contributed by atoms with Gasteiger partial charge in [0.1, 0.15) is 79.4 Å². The van der Waals surface area contributed by atoms with Gasteiger partial charge in [-0.15, -0.1) is 0 Å². The van der Waals surface area contributed by atoms with E-state index in [9.17, 15) is 66.4 Å². The molecule has 4 rings (SSSR count). The predicted molar refractivity (Wildman–Crippen MR) is 138 cm³/mol. The normalized spacial score (nSPS) is 52.0. The van der Waals surface area contributed by atoms with E-state index in [0.29, 0.717) is 0 Å². The molecule has 0 radical (unpaired) electrons. The predicted octanol–water partition coefficient (Wildman–Crippen LogP) is -8.56. The van der Waals surface area contributed by atoms with Crippen molar-refractivity contribution in [1.29, 1.82) is 0 Å². The number of ether oxygens (including phenoxy) is 5. The first-order valence-electron chi connectivity index (χ1n) is 14.1. The molecular weight excluding hydrogens is 602 g/mol. The van der Waals surface area contributed by atoms with Crippen LogP contribution in [0.25, 0.3) is 0 Å². The summed E-state index contributed by atoms with van der Waals surface area (Å²) < 4.78 is 27.4. The monoisotopic (exact) mass is 645 g/mol. The van der Waals surface area contributed by atoms with Crippen LogP contribution in [0.3, 0.4) is 0 Å². The van der Waals surface area contributed by atoms with Crippen LogP contribution in [-0.2, 0) is 23.7 Å². The van der Waals surface area contributed by atoms with E-state index in [0.717, 1.165) is 0 Å². The third-order valence-electron chi connectivity index (χ3n) is 8.48. The second kappa shape index (κ2) is 14.8. The summed E-state index contributed by atoms with van der Waals surface area (Å²) in [5, 5.41) is 136. The Bertz CT molecular complexity index is 958. The van der Waals surface area contributed by atoms with Crippen LogP contribution in [0.1, 0.15) is 6.92 Å². The summed E-state index contributed by atoms with van der Waals surface area (Å²) in [4.78, 5) is 0. The Labute approximate surface area is 250 Å². The summed E-state index contributed by atoms with van der Waals surface area (Å²) in [5.41, 5.74) is 0.0225. The van der Waals surface area contributed by atoms with Crippen molar-refractivity contribution >= 4 is 0 Å². The molecule has 44 heavy (non-hydrogen) atoms. The van der Waals surface area contributed by atoms with Gasteiger partial charge in [0.15, 0.2) is 18.9 Å². The molecule has 256 valence electrons. The van der Waals surface area contributed by atoms with Crippen LogP contribution in [0.2, 0.25) is 0 Å². The van der Waals surface area contributed by atoms with Crippen LogP contribution < -0.4 is 5.32 Å². The SMILES string of the molecule is CC1OC(OC2C(CO)OC(OC3C(CO)OC(O)[C@@H](O)[C@H]3O)[C@@H](O)C2O)[C@@H](O)[C@@H](O)C1N[C@H]1C=C(CO)[C@@H](O)[C@H](O)[C@H]1O. The van der Waals surface area contributed by atoms with Gasteiger partial charge in [-0.3, -0.25) is 0 Å². The number of rotatable bonds is 9. The summed E-state index contributed by atoms with van der Waals surface area (Å²) in [5.74, 6) is 0. The van der Waals surface area contributed by atoms with Gasteiger partial charge in [-0.1, -0.05) is 6.08 Å². The Morgan fingerprint density at radius 2 is 1.16 bits per heavy atom. The lowest BCUT2D eigenvalue weighted by molar-refractivity contribution is -0.373. The molecule has 3 heterocycles. The number of hydrogen-bond donors (Lipinski definition) is 14. The molecule has 10 unspecified atom stereocenters. The van der Waals surface area contributed by atoms with E-state index in [1.54, 1.807) is 0 Å². The number of hydrogen-bond acceptors (Lipinski definition) is 19. The largest absolute Gasteiger partial charge is 0.394 e. The highest BCUT2D eigenvalue weighted by Crippen LogP contribution is 2.32. The second-order valence-corrected chi connectivity index (χ2v) is 11.4. The fraction of sp³-hybridized carbons (Fsp3) is 0.920. The van der Waals surface area contributed by atoms with Crippen LogP contribution in [0.4, 0.5) is 0 Å². The minimum absolute atomic E-state index is 0.0225. The van der Waals surface area contributed by atoms with E-state index in [-0.39, 0.29) is 5.57 Å². The quantitative estimate of drug-likeness (QED) is 0.103. The van der Waals surface area contributed by atoms with Gasteiger partial charge in [0, 0.05) is 0 Å². The Kier molecular flexibility index (Phi) is 12.1. The standard InChI is InChI=1S/C25H43NO18/c1-6-11(26-8-2-7(3-27)12(30)15(33)13(8)31)14(32)19(37)24(40-6)43-22-10(5-29)42-25(20(38)17(22)35)44-21-9(4-28)41-23(39)18(36)16(21)34/h2,6,8-39H,3-5H2,1H3/t6?,8-,9?,10?,11?,12+,13-,14-,15-,16+,17?,18-,19-,20-,21?,22?,23?,24?,25?/m0/s1. The highest BCUT2D eigenvalue weighted by atomic mass is 16.7. The molecule has 3 saturated heterocycles. The Morgan fingerprint density at radius 1 is 0.636 bits per heavy atom. The summed E-state index contributed by atoms with van der Waals surface area (Å²) in [6, 6.07) is -2.17. The maximum Gasteiger partial charge on any atom is 0.187 e. The van der Waals surface area contributed by atoms with Crippen LogP contribution in [0.15, 0.2) is 11.6 Å². The van der Waals surface area contributed by atoms with Crippen molar-refractivity contribution in [3.05, 3.63) is 11.6 Å². The smallest absolute Gasteiger partial charge is 0.187 e. The van der Waals surface area contributed by atoms with Gasteiger partial charge in [-0.25, -0.2) is 0 Å². The Balaban J connectivity index is 1.42. The van der Waals surface area contributed by atoms with E-state index >= 15 is 0 Å². The number of nitrogens with one attached hydrogen (secondary N) is 1. The number of aliphatic hydroxyl groups is 13. The van der Waals surface area contributed by atoms with Crippen molar-refractivity contribution in [2.75, 3.05) is 19.8 Å². The number of aliphatic hydroxyl groups excluding tert-OH is 13. The third kappa shape index (κ3) is 6.96. The van der Waals surface area contributed by atoms with Crippen LogP contribution in [-0.4, -0.2) is 203 Å². The lowest BCUT2D eigenvalue weighted by atomic mass is 9.86. The van der Waals surface area contributed by atoms with E-state index < -0.39 is 136 Å². The van der Waals surface area contributed by atoms with Crippen LogP contribution in [0.5, 0.6) is 0 Å². The molecule has 0 amide bonds.